The molecule has 0 unspecified atom stereocenters. The summed E-state index contributed by atoms with van der Waals surface area (Å²) < 4.78 is 40.4. The summed E-state index contributed by atoms with van der Waals surface area (Å²) in [6, 6.07) is 8.98. The van der Waals surface area contributed by atoms with Gasteiger partial charge in [0.15, 0.2) is 5.75 Å². The molecule has 0 radical (unpaired) electrons. The molecule has 206 valence electrons. The Bertz CT molecular complexity index is 1900. The number of pyridine rings is 2. The minimum absolute atomic E-state index is 0.0296. The van der Waals surface area contributed by atoms with Crippen LogP contribution in [-0.2, 0) is 0 Å². The van der Waals surface area contributed by atoms with Gasteiger partial charge < -0.3 is 20.5 Å². The summed E-state index contributed by atoms with van der Waals surface area (Å²) in [5, 5.41) is 12.1. The monoisotopic (exact) mass is 556 g/mol. The highest BCUT2D eigenvalue weighted by Crippen LogP contribution is 2.32. The Balaban J connectivity index is 1.44. The summed E-state index contributed by atoms with van der Waals surface area (Å²) in [4.78, 5) is 30.8. The van der Waals surface area contributed by atoms with Gasteiger partial charge in [-0.3, -0.25) is 14.6 Å². The van der Waals surface area contributed by atoms with Crippen LogP contribution in [0.15, 0.2) is 66.0 Å². The number of aromatic nitrogens is 5. The Morgan fingerprint density at radius 3 is 2.76 bits per heavy atom. The Labute approximate surface area is 231 Å². The van der Waals surface area contributed by atoms with Gasteiger partial charge in [0.05, 0.1) is 28.6 Å². The number of fused-ring (bicyclic) bond motifs is 2. The second kappa shape index (κ2) is 10.3. The molecule has 0 saturated heterocycles. The number of nitrogens with two attached hydrogens (primary N) is 1. The van der Waals surface area contributed by atoms with Gasteiger partial charge in [-0.2, -0.15) is 0 Å². The van der Waals surface area contributed by atoms with Crippen LogP contribution in [0.1, 0.15) is 29.8 Å². The lowest BCUT2D eigenvalue weighted by atomic mass is 10.0. The van der Waals surface area contributed by atoms with Crippen LogP contribution in [0.4, 0.5) is 20.4 Å². The van der Waals surface area contributed by atoms with Crippen molar-refractivity contribution in [2.45, 2.75) is 13.0 Å². The number of anilines is 2. The van der Waals surface area contributed by atoms with E-state index in [4.69, 9.17) is 20.6 Å². The summed E-state index contributed by atoms with van der Waals surface area (Å²) >= 11 is 0. The van der Waals surface area contributed by atoms with E-state index < -0.39 is 23.2 Å². The second-order valence-corrected chi connectivity index (χ2v) is 9.21. The number of nitrogens with zero attached hydrogens (tertiary/aromatic N) is 5. The predicted octanol–water partition coefficient (Wildman–Crippen LogP) is 3.77. The van der Waals surface area contributed by atoms with Crippen LogP contribution < -0.4 is 26.1 Å². The molecule has 1 aliphatic rings. The summed E-state index contributed by atoms with van der Waals surface area (Å²) in [5.41, 5.74) is 6.95. The number of benzene rings is 1. The third kappa shape index (κ3) is 4.77. The van der Waals surface area contributed by atoms with Crippen LogP contribution in [-0.4, -0.2) is 43.3 Å². The minimum atomic E-state index is -0.713. The van der Waals surface area contributed by atoms with E-state index in [2.05, 4.69) is 25.3 Å². The highest BCUT2D eigenvalue weighted by Gasteiger charge is 2.24. The Morgan fingerprint density at radius 2 is 1.93 bits per heavy atom. The van der Waals surface area contributed by atoms with E-state index >= 15 is 0 Å². The number of halogens is 2. The number of rotatable bonds is 6. The first-order chi connectivity index (χ1) is 19.8. The van der Waals surface area contributed by atoms with Gasteiger partial charge in [0.2, 0.25) is 0 Å². The Morgan fingerprint density at radius 1 is 1.10 bits per heavy atom. The van der Waals surface area contributed by atoms with Gasteiger partial charge in [-0.15, -0.1) is 0 Å². The van der Waals surface area contributed by atoms with Gasteiger partial charge in [-0.25, -0.2) is 28.7 Å². The van der Waals surface area contributed by atoms with Crippen molar-refractivity contribution in [3.8, 4) is 22.8 Å². The van der Waals surface area contributed by atoms with Gasteiger partial charge in [-0.05, 0) is 42.8 Å². The number of hydrogen-bond acceptors (Lipinski definition) is 10. The zero-order chi connectivity index (χ0) is 28.7. The molecule has 41 heavy (non-hydrogen) atoms. The molecule has 0 amide bonds. The maximum Gasteiger partial charge on any atom is 0.266 e. The molecule has 0 saturated carbocycles. The number of nitrogens with one attached hydrogen (secondary N) is 2. The summed E-state index contributed by atoms with van der Waals surface area (Å²) in [6.45, 7) is 2.45. The smallest absolute Gasteiger partial charge is 0.266 e. The maximum atomic E-state index is 14.2. The van der Waals surface area contributed by atoms with Gasteiger partial charge >= 0.3 is 0 Å². The van der Waals surface area contributed by atoms with Crippen molar-refractivity contribution < 1.29 is 18.3 Å². The van der Waals surface area contributed by atoms with Crippen LogP contribution in [0.3, 0.4) is 0 Å². The van der Waals surface area contributed by atoms with Crippen LogP contribution in [0.2, 0.25) is 0 Å². The van der Waals surface area contributed by atoms with Crippen LogP contribution in [0.25, 0.3) is 16.8 Å². The molecule has 0 fully saturated rings. The molecule has 5 aromatic rings. The minimum Gasteiger partial charge on any atom is -0.484 e. The first kappa shape index (κ1) is 25.8. The standard InChI is InChI=1S/C28H22F2N8O3/c1-14(24-21(15-3-2-4-17(29)9-15)28(39)38-12-18(30)5-6-20(38)37-24)36-26-22(25(32)34-13-35-26)23(31)16-10-19-27(33-11-16)41-8-7-40-19/h2-6,9-14,31H,7-8H2,1H3,(H3,32,34,35,36)/t14-/m1/s1. The maximum absolute atomic E-state index is 14.2. The first-order valence-corrected chi connectivity index (χ1v) is 12.5. The Hall–Kier alpha value is -5.46. The third-order valence-corrected chi connectivity index (χ3v) is 6.50. The number of ether oxygens (including phenoxy) is 2. The SMILES string of the molecule is C[C@@H](Nc1ncnc(N)c1C(=N)c1cnc2c(c1)OCCO2)c1nc2ccc(F)cn2c(=O)c1-c1cccc(F)c1. The largest absolute Gasteiger partial charge is 0.484 e. The molecule has 1 aliphatic heterocycles. The average Bonchev–Trinajstić information content (AvgIpc) is 2.97. The summed E-state index contributed by atoms with van der Waals surface area (Å²) in [7, 11) is 0. The van der Waals surface area contributed by atoms with Crippen LogP contribution in [0.5, 0.6) is 11.6 Å². The van der Waals surface area contributed by atoms with E-state index in [-0.39, 0.29) is 45.4 Å². The molecule has 4 N–H and O–H groups in total. The lowest BCUT2D eigenvalue weighted by molar-refractivity contribution is 0.164. The lowest BCUT2D eigenvalue weighted by Gasteiger charge is -2.21. The van der Waals surface area contributed by atoms with Crippen molar-refractivity contribution in [2.75, 3.05) is 24.3 Å². The van der Waals surface area contributed by atoms with E-state index in [1.54, 1.807) is 19.1 Å². The fourth-order valence-electron chi connectivity index (χ4n) is 4.60. The molecule has 11 nitrogen and oxygen atoms in total. The molecule has 1 aromatic carbocycles. The third-order valence-electron chi connectivity index (χ3n) is 6.50. The van der Waals surface area contributed by atoms with Gasteiger partial charge in [-0.1, -0.05) is 12.1 Å². The van der Waals surface area contributed by atoms with E-state index in [0.29, 0.717) is 30.4 Å². The van der Waals surface area contributed by atoms with Crippen LogP contribution in [0, 0.1) is 17.0 Å². The molecular weight excluding hydrogens is 534 g/mol. The first-order valence-electron chi connectivity index (χ1n) is 12.5. The van der Waals surface area contributed by atoms with Crippen molar-refractivity contribution in [1.82, 2.24) is 24.3 Å². The molecule has 0 spiro atoms. The van der Waals surface area contributed by atoms with Crippen molar-refractivity contribution in [1.29, 1.82) is 5.41 Å². The highest BCUT2D eigenvalue weighted by atomic mass is 19.1. The summed E-state index contributed by atoms with van der Waals surface area (Å²) in [6.07, 6.45) is 3.73. The van der Waals surface area contributed by atoms with E-state index in [9.17, 15) is 13.6 Å². The van der Waals surface area contributed by atoms with Crippen molar-refractivity contribution >= 4 is 23.0 Å². The van der Waals surface area contributed by atoms with Gasteiger partial charge in [0.25, 0.3) is 11.4 Å². The van der Waals surface area contributed by atoms with Gasteiger partial charge in [0.1, 0.15) is 48.5 Å². The highest BCUT2D eigenvalue weighted by molar-refractivity contribution is 6.16. The zero-order valence-corrected chi connectivity index (χ0v) is 21.6. The van der Waals surface area contributed by atoms with E-state index in [1.165, 1.54) is 42.9 Å². The van der Waals surface area contributed by atoms with Crippen molar-refractivity contribution in [3.63, 3.8) is 0 Å². The topological polar surface area (TPSA) is 153 Å². The molecule has 1 atom stereocenters. The van der Waals surface area contributed by atoms with Crippen LogP contribution >= 0.6 is 0 Å². The van der Waals surface area contributed by atoms with Crippen molar-refractivity contribution in [3.05, 3.63) is 100.0 Å². The van der Waals surface area contributed by atoms with E-state index in [1.807, 2.05) is 0 Å². The van der Waals surface area contributed by atoms with Gasteiger partial charge in [0, 0.05) is 18.0 Å². The average molecular weight is 557 g/mol. The summed E-state index contributed by atoms with van der Waals surface area (Å²) in [5.74, 6) is -0.230. The predicted molar refractivity (Wildman–Crippen MR) is 146 cm³/mol. The molecule has 4 aromatic heterocycles. The quantitative estimate of drug-likeness (QED) is 0.265. The van der Waals surface area contributed by atoms with Crippen molar-refractivity contribution in [2.24, 2.45) is 0 Å². The normalized spacial score (nSPS) is 13.1. The lowest BCUT2D eigenvalue weighted by Crippen LogP contribution is -2.24. The van der Waals surface area contributed by atoms with E-state index in [0.717, 1.165) is 10.6 Å². The molecule has 0 bridgehead atoms. The molecule has 0 aliphatic carbocycles. The molecule has 13 heteroatoms. The molecular formula is C28H22F2N8O3. The molecule has 6 rings (SSSR count). The molecule has 5 heterocycles. The zero-order valence-electron chi connectivity index (χ0n) is 21.6. The fraction of sp³-hybridized carbons (Fsp3) is 0.143. The fourth-order valence-corrected chi connectivity index (χ4v) is 4.60. The second-order valence-electron chi connectivity index (χ2n) is 9.21. The number of nitrogen functional groups attached to an aromatic ring is 1. The number of hydrogen-bond donors (Lipinski definition) is 3. The Kier molecular flexibility index (Phi) is 6.46.